The molecule has 5 amide bonds. The molecule has 10 nitrogen and oxygen atoms in total. The Balaban J connectivity index is 1.16. The van der Waals surface area contributed by atoms with Crippen molar-refractivity contribution >= 4 is 35.1 Å². The summed E-state index contributed by atoms with van der Waals surface area (Å²) in [6.45, 7) is 5.68. The average Bonchev–Trinajstić information content (AvgIpc) is 3.57. The molecule has 2 heterocycles. The maximum absolute atomic E-state index is 14.0. The Kier molecular flexibility index (Phi) is 9.31. The molecule has 1 saturated heterocycles. The minimum absolute atomic E-state index is 0.0135. The lowest BCUT2D eigenvalue weighted by atomic mass is 9.79. The van der Waals surface area contributed by atoms with E-state index >= 15 is 0 Å². The number of carbonyl (C=O) groups is 4. The summed E-state index contributed by atoms with van der Waals surface area (Å²) >= 11 is 0. The van der Waals surface area contributed by atoms with Gasteiger partial charge in [-0.1, -0.05) is 48.5 Å². The number of piperidine rings is 1. The molecule has 6 rings (SSSR count). The van der Waals surface area contributed by atoms with Gasteiger partial charge in [-0.2, -0.15) is 0 Å². The van der Waals surface area contributed by atoms with Crippen molar-refractivity contribution in [3.05, 3.63) is 94.5 Å². The third-order valence-electron chi connectivity index (χ3n) is 9.64. The first-order valence-corrected chi connectivity index (χ1v) is 16.5. The van der Waals surface area contributed by atoms with Crippen LogP contribution in [0.5, 0.6) is 0 Å². The van der Waals surface area contributed by atoms with E-state index in [0.29, 0.717) is 57.5 Å². The van der Waals surface area contributed by atoms with Crippen LogP contribution in [-0.2, 0) is 45.7 Å². The van der Waals surface area contributed by atoms with Gasteiger partial charge < -0.3 is 31.1 Å². The molecule has 1 atom stereocenters. The van der Waals surface area contributed by atoms with Crippen LogP contribution >= 0.6 is 0 Å². The molecule has 2 aliphatic heterocycles. The molecule has 1 aliphatic carbocycles. The lowest BCUT2D eigenvalue weighted by molar-refractivity contribution is -0.140. The smallest absolute Gasteiger partial charge is 0.317 e. The molecule has 0 aromatic heterocycles. The van der Waals surface area contributed by atoms with Gasteiger partial charge in [0, 0.05) is 49.5 Å². The van der Waals surface area contributed by atoms with Crippen molar-refractivity contribution in [2.45, 2.75) is 64.1 Å². The Bertz CT molecular complexity index is 1680. The van der Waals surface area contributed by atoms with Gasteiger partial charge in [-0.25, -0.2) is 4.79 Å². The molecular formula is C37H44N6O4. The Morgan fingerprint density at radius 1 is 0.957 bits per heavy atom. The Morgan fingerprint density at radius 3 is 2.40 bits per heavy atom. The number of hydrogen-bond donors (Lipinski definition) is 4. The van der Waals surface area contributed by atoms with Crippen LogP contribution in [0.3, 0.4) is 0 Å². The predicted octanol–water partition coefficient (Wildman–Crippen LogP) is 4.19. The van der Waals surface area contributed by atoms with E-state index in [2.05, 4.69) is 21.3 Å². The van der Waals surface area contributed by atoms with Crippen molar-refractivity contribution in [1.82, 2.24) is 20.4 Å². The molecule has 3 aliphatic rings. The number of carbonyl (C=O) groups excluding carboxylic acids is 4. The first-order chi connectivity index (χ1) is 22.7. The minimum atomic E-state index is -0.628. The maximum atomic E-state index is 14.0. The van der Waals surface area contributed by atoms with Gasteiger partial charge in [0.1, 0.15) is 6.54 Å². The zero-order valence-electron chi connectivity index (χ0n) is 27.4. The molecule has 1 unspecified atom stereocenters. The molecule has 3 aromatic carbocycles. The molecule has 4 N–H and O–H groups in total. The number of rotatable bonds is 9. The van der Waals surface area contributed by atoms with E-state index in [4.69, 9.17) is 0 Å². The molecule has 0 bridgehead atoms. The monoisotopic (exact) mass is 636 g/mol. The number of nitrogens with zero attached hydrogens (tertiary/aromatic N) is 2. The number of urea groups is 1. The number of hydrogen-bond acceptors (Lipinski definition) is 5. The number of anilines is 2. The van der Waals surface area contributed by atoms with Crippen LogP contribution in [0.1, 0.15) is 54.5 Å². The van der Waals surface area contributed by atoms with Gasteiger partial charge in [-0.05, 0) is 92.6 Å². The van der Waals surface area contributed by atoms with Crippen LogP contribution < -0.4 is 21.3 Å². The molecule has 47 heavy (non-hydrogen) atoms. The zero-order valence-corrected chi connectivity index (χ0v) is 27.4. The van der Waals surface area contributed by atoms with Crippen LogP contribution in [0.25, 0.3) is 0 Å². The van der Waals surface area contributed by atoms with Crippen molar-refractivity contribution in [3.8, 4) is 0 Å². The largest absolute Gasteiger partial charge is 0.336 e. The first-order valence-electron chi connectivity index (χ1n) is 16.5. The number of benzene rings is 3. The fraction of sp³-hybridized carbons (Fsp3) is 0.405. The van der Waals surface area contributed by atoms with Gasteiger partial charge >= 0.3 is 6.03 Å². The topological polar surface area (TPSA) is 123 Å². The van der Waals surface area contributed by atoms with E-state index in [1.54, 1.807) is 9.80 Å². The van der Waals surface area contributed by atoms with E-state index in [-0.39, 0.29) is 42.3 Å². The number of amides is 5. The van der Waals surface area contributed by atoms with E-state index in [1.165, 1.54) is 0 Å². The second kappa shape index (κ2) is 13.6. The highest BCUT2D eigenvalue weighted by Crippen LogP contribution is 2.47. The third-order valence-corrected chi connectivity index (χ3v) is 9.64. The van der Waals surface area contributed by atoms with Crippen LogP contribution in [0, 0.1) is 5.92 Å². The molecular weight excluding hydrogens is 592 g/mol. The third kappa shape index (κ3) is 6.74. The first kappa shape index (κ1) is 32.2. The summed E-state index contributed by atoms with van der Waals surface area (Å²) in [5, 5.41) is 12.2. The average molecular weight is 637 g/mol. The normalized spacial score (nSPS) is 18.6. The summed E-state index contributed by atoms with van der Waals surface area (Å²) in [5.74, 6) is -0.626. The molecule has 0 saturated carbocycles. The summed E-state index contributed by atoms with van der Waals surface area (Å²) in [4.78, 5) is 56.7. The molecule has 0 radical (unpaired) electrons. The maximum Gasteiger partial charge on any atom is 0.317 e. The molecule has 246 valence electrons. The fourth-order valence-electron chi connectivity index (χ4n) is 7.27. The van der Waals surface area contributed by atoms with Crippen molar-refractivity contribution < 1.29 is 19.2 Å². The van der Waals surface area contributed by atoms with Crippen LogP contribution in [0.2, 0.25) is 0 Å². The van der Waals surface area contributed by atoms with Crippen LogP contribution in [-0.4, -0.2) is 66.3 Å². The van der Waals surface area contributed by atoms with Gasteiger partial charge in [0.25, 0.3) is 0 Å². The summed E-state index contributed by atoms with van der Waals surface area (Å²) < 4.78 is 0. The van der Waals surface area contributed by atoms with E-state index < -0.39 is 5.41 Å². The lowest BCUT2D eigenvalue weighted by Gasteiger charge is -2.34. The SMILES string of the molecule is CNCc1ccccc1CN(CC(=O)Nc1ccc2c(c1)CC1(C2)C(=O)Nc2ccccc21)C(=O)C1CCN(C(=O)NC(C)C)CC1. The lowest BCUT2D eigenvalue weighted by Crippen LogP contribution is -2.49. The van der Waals surface area contributed by atoms with E-state index in [0.717, 1.165) is 33.5 Å². The van der Waals surface area contributed by atoms with Crippen molar-refractivity contribution in [2.75, 3.05) is 37.3 Å². The van der Waals surface area contributed by atoms with Gasteiger partial charge in [-0.15, -0.1) is 0 Å². The second-order valence-corrected chi connectivity index (χ2v) is 13.3. The summed E-state index contributed by atoms with van der Waals surface area (Å²) in [7, 11) is 1.88. The van der Waals surface area contributed by atoms with Crippen molar-refractivity contribution in [1.29, 1.82) is 0 Å². The standard InChI is InChI=1S/C37H44N6O4/c1-24(2)39-36(47)42-16-14-25(15-17-42)34(45)43(22-28-9-5-4-8-27(28)21-38-3)23-33(44)40-30-13-12-26-19-37(20-29(26)18-30)31-10-6-7-11-32(31)41-35(37)46/h4-13,18,24-25,38H,14-17,19-23H2,1-3H3,(H,39,47)(H,40,44)(H,41,46). The van der Waals surface area contributed by atoms with Gasteiger partial charge in [-0.3, -0.25) is 14.4 Å². The quantitative estimate of drug-likeness (QED) is 0.281. The van der Waals surface area contributed by atoms with Gasteiger partial charge in [0.05, 0.1) is 5.41 Å². The number of para-hydroxylation sites is 1. The highest BCUT2D eigenvalue weighted by molar-refractivity contribution is 6.07. The van der Waals surface area contributed by atoms with Gasteiger partial charge in [0.2, 0.25) is 17.7 Å². The van der Waals surface area contributed by atoms with Crippen molar-refractivity contribution in [2.24, 2.45) is 5.92 Å². The summed E-state index contributed by atoms with van der Waals surface area (Å²) in [6.07, 6.45) is 2.27. The molecule has 1 fully saturated rings. The Hall–Kier alpha value is -4.70. The number of nitrogens with one attached hydrogen (secondary N) is 4. The highest BCUT2D eigenvalue weighted by Gasteiger charge is 2.50. The number of fused-ring (bicyclic) bond motifs is 3. The van der Waals surface area contributed by atoms with Crippen molar-refractivity contribution in [3.63, 3.8) is 0 Å². The predicted molar refractivity (Wildman–Crippen MR) is 182 cm³/mol. The van der Waals surface area contributed by atoms with E-state index in [1.807, 2.05) is 87.6 Å². The summed E-state index contributed by atoms with van der Waals surface area (Å²) in [6, 6.07) is 21.6. The Morgan fingerprint density at radius 2 is 1.66 bits per heavy atom. The van der Waals surface area contributed by atoms with Crippen LogP contribution in [0.4, 0.5) is 16.2 Å². The second-order valence-electron chi connectivity index (χ2n) is 13.3. The zero-order chi connectivity index (χ0) is 33.1. The molecule has 3 aromatic rings. The molecule has 10 heteroatoms. The summed E-state index contributed by atoms with van der Waals surface area (Å²) in [5.41, 5.74) is 6.09. The van der Waals surface area contributed by atoms with Crippen LogP contribution in [0.15, 0.2) is 66.7 Å². The Labute approximate surface area is 276 Å². The fourth-order valence-corrected chi connectivity index (χ4v) is 7.27. The molecule has 1 spiro atoms. The minimum Gasteiger partial charge on any atom is -0.336 e. The highest BCUT2D eigenvalue weighted by atomic mass is 16.2. The van der Waals surface area contributed by atoms with Gasteiger partial charge in [0.15, 0.2) is 0 Å². The van der Waals surface area contributed by atoms with E-state index in [9.17, 15) is 19.2 Å². The number of likely N-dealkylation sites (tertiary alicyclic amines) is 1.